The van der Waals surface area contributed by atoms with Crippen LogP contribution in [0.1, 0.15) is 95.4 Å². The minimum Gasteiger partial charge on any atom is -0.0877 e. The average Bonchev–Trinajstić information content (AvgIpc) is 2.59. The molecular weight excluding hydrogens is 352 g/mol. The number of aryl methyl sites for hydroxylation is 1. The van der Waals surface area contributed by atoms with Gasteiger partial charge in [-0.2, -0.15) is 0 Å². The highest BCUT2D eigenvalue weighted by atomic mass is 32.2. The van der Waals surface area contributed by atoms with Gasteiger partial charge in [-0.25, -0.2) is 0 Å². The number of fused-ring (bicyclic) bond motifs is 2. The van der Waals surface area contributed by atoms with Gasteiger partial charge in [-0.3, -0.25) is 0 Å². The summed E-state index contributed by atoms with van der Waals surface area (Å²) in [4.78, 5) is 5.70. The van der Waals surface area contributed by atoms with E-state index in [2.05, 4.69) is 72.7 Å². The third kappa shape index (κ3) is 4.34. The van der Waals surface area contributed by atoms with Crippen LogP contribution in [0.3, 0.4) is 0 Å². The first-order chi connectivity index (χ1) is 12.3. The van der Waals surface area contributed by atoms with Gasteiger partial charge in [0.15, 0.2) is 0 Å². The summed E-state index contributed by atoms with van der Waals surface area (Å²) in [6, 6.07) is 9.70. The minimum absolute atomic E-state index is 0.573. The van der Waals surface area contributed by atoms with Crippen molar-refractivity contribution < 1.29 is 0 Å². The van der Waals surface area contributed by atoms with Gasteiger partial charge in [0.05, 0.1) is 0 Å². The molecule has 0 bridgehead atoms. The second kappa shape index (κ2) is 8.89. The molecule has 0 spiro atoms. The summed E-state index contributed by atoms with van der Waals surface area (Å²) in [5.74, 6) is 1.73. The van der Waals surface area contributed by atoms with E-state index in [1.54, 1.807) is 0 Å². The average molecular weight is 387 g/mol. The van der Waals surface area contributed by atoms with E-state index in [-0.39, 0.29) is 0 Å². The fourth-order valence-corrected chi connectivity index (χ4v) is 5.85. The van der Waals surface area contributed by atoms with E-state index in [1.807, 2.05) is 37.4 Å². The van der Waals surface area contributed by atoms with Gasteiger partial charge in [0.1, 0.15) is 0 Å². The van der Waals surface area contributed by atoms with E-state index in [0.29, 0.717) is 17.8 Å². The SMILES string of the molecule is CC.Cc1cc2c(cc1C(C)C)Sc1cc(C(C)C)c(C(C)C)cc1S2. The smallest absolute Gasteiger partial charge is 0.0265 e. The van der Waals surface area contributed by atoms with Crippen LogP contribution in [0.2, 0.25) is 0 Å². The molecule has 0 unspecified atom stereocenters. The van der Waals surface area contributed by atoms with Crippen molar-refractivity contribution in [3.63, 3.8) is 0 Å². The Hall–Kier alpha value is -0.860. The fraction of sp³-hybridized carbons (Fsp3) is 0.500. The van der Waals surface area contributed by atoms with E-state index < -0.39 is 0 Å². The first-order valence-corrected chi connectivity index (χ1v) is 11.6. The first-order valence-electron chi connectivity index (χ1n) is 9.96. The zero-order chi connectivity index (χ0) is 19.6. The van der Waals surface area contributed by atoms with Crippen LogP contribution in [0.4, 0.5) is 0 Å². The van der Waals surface area contributed by atoms with E-state index in [4.69, 9.17) is 0 Å². The predicted octanol–water partition coefficient (Wildman–Crippen LogP) is 9.01. The molecule has 1 aliphatic heterocycles. The van der Waals surface area contributed by atoms with Crippen molar-refractivity contribution in [3.05, 3.63) is 46.5 Å². The quantitative estimate of drug-likeness (QED) is 0.440. The topological polar surface area (TPSA) is 0 Å². The van der Waals surface area contributed by atoms with E-state index in [9.17, 15) is 0 Å². The van der Waals surface area contributed by atoms with Crippen molar-refractivity contribution in [3.8, 4) is 0 Å². The largest absolute Gasteiger partial charge is 0.0877 e. The third-order valence-electron chi connectivity index (χ3n) is 4.79. The standard InChI is InChI=1S/C22H28S2.C2H6/c1-12(2)16-9-20-19(8-15(16)7)23-21-10-17(13(3)4)18(14(5)6)11-22(21)24-20;1-2/h8-14H,1-7H3;1-2H3. The molecule has 0 N–H and O–H groups in total. The first kappa shape index (κ1) is 21.4. The summed E-state index contributed by atoms with van der Waals surface area (Å²) < 4.78 is 0. The van der Waals surface area contributed by atoms with Gasteiger partial charge < -0.3 is 0 Å². The van der Waals surface area contributed by atoms with Crippen molar-refractivity contribution in [1.29, 1.82) is 0 Å². The highest BCUT2D eigenvalue weighted by Gasteiger charge is 2.22. The number of benzene rings is 2. The fourth-order valence-electron chi connectivity index (χ4n) is 3.45. The maximum absolute atomic E-state index is 2.45. The van der Waals surface area contributed by atoms with Gasteiger partial charge in [-0.1, -0.05) is 78.9 Å². The Bertz CT molecular complexity index is 770. The molecule has 1 aliphatic rings. The lowest BCUT2D eigenvalue weighted by molar-refractivity contribution is 0.779. The van der Waals surface area contributed by atoms with Crippen LogP contribution in [0.5, 0.6) is 0 Å². The zero-order valence-corrected chi connectivity index (χ0v) is 19.5. The van der Waals surface area contributed by atoms with Gasteiger partial charge in [0, 0.05) is 19.6 Å². The Morgan fingerprint density at radius 2 is 0.846 bits per heavy atom. The normalized spacial score (nSPS) is 12.8. The Balaban J connectivity index is 0.00000117. The molecule has 2 aromatic rings. The highest BCUT2D eigenvalue weighted by Crippen LogP contribution is 2.51. The Labute approximate surface area is 169 Å². The third-order valence-corrected chi connectivity index (χ3v) is 7.28. The van der Waals surface area contributed by atoms with Gasteiger partial charge in [-0.15, -0.1) is 0 Å². The Morgan fingerprint density at radius 3 is 1.19 bits per heavy atom. The van der Waals surface area contributed by atoms with Crippen LogP contribution in [0.25, 0.3) is 0 Å². The molecule has 26 heavy (non-hydrogen) atoms. The summed E-state index contributed by atoms with van der Waals surface area (Å²) in [5, 5.41) is 0. The van der Waals surface area contributed by atoms with Crippen LogP contribution >= 0.6 is 23.5 Å². The number of hydrogen-bond acceptors (Lipinski definition) is 2. The highest BCUT2D eigenvalue weighted by molar-refractivity contribution is 8.05. The molecular formula is C24H34S2. The molecule has 0 radical (unpaired) electrons. The predicted molar refractivity (Wildman–Crippen MR) is 119 cm³/mol. The molecule has 0 amide bonds. The molecule has 2 heteroatoms. The van der Waals surface area contributed by atoms with E-state index in [0.717, 1.165) is 0 Å². The van der Waals surface area contributed by atoms with Crippen molar-refractivity contribution in [2.75, 3.05) is 0 Å². The van der Waals surface area contributed by atoms with Crippen LogP contribution in [-0.2, 0) is 0 Å². The van der Waals surface area contributed by atoms with Gasteiger partial charge >= 0.3 is 0 Å². The lowest BCUT2D eigenvalue weighted by atomic mass is 9.91. The molecule has 1 heterocycles. The van der Waals surface area contributed by atoms with Crippen molar-refractivity contribution in [2.24, 2.45) is 0 Å². The second-order valence-corrected chi connectivity index (χ2v) is 9.92. The zero-order valence-electron chi connectivity index (χ0n) is 17.9. The number of hydrogen-bond donors (Lipinski definition) is 0. The lowest BCUT2D eigenvalue weighted by Gasteiger charge is -2.25. The van der Waals surface area contributed by atoms with Gasteiger partial charge in [-0.05, 0) is 71.2 Å². The molecule has 0 atom stereocenters. The molecule has 0 aromatic heterocycles. The monoisotopic (exact) mass is 386 g/mol. The summed E-state index contributed by atoms with van der Waals surface area (Å²) in [6.45, 7) is 20.1. The van der Waals surface area contributed by atoms with Crippen LogP contribution < -0.4 is 0 Å². The molecule has 0 aliphatic carbocycles. The Morgan fingerprint density at radius 1 is 0.538 bits per heavy atom. The van der Waals surface area contributed by atoms with Crippen molar-refractivity contribution in [2.45, 2.75) is 99.6 Å². The summed E-state index contributed by atoms with van der Waals surface area (Å²) >= 11 is 3.90. The summed E-state index contributed by atoms with van der Waals surface area (Å²) in [7, 11) is 0. The molecule has 0 saturated carbocycles. The minimum atomic E-state index is 0.573. The van der Waals surface area contributed by atoms with Crippen molar-refractivity contribution >= 4 is 23.5 Å². The van der Waals surface area contributed by atoms with Crippen LogP contribution in [0, 0.1) is 6.92 Å². The molecule has 142 valence electrons. The van der Waals surface area contributed by atoms with E-state index >= 15 is 0 Å². The number of rotatable bonds is 3. The van der Waals surface area contributed by atoms with Crippen molar-refractivity contribution in [1.82, 2.24) is 0 Å². The van der Waals surface area contributed by atoms with Gasteiger partial charge in [0.2, 0.25) is 0 Å². The molecule has 0 saturated heterocycles. The van der Waals surface area contributed by atoms with Gasteiger partial charge in [0.25, 0.3) is 0 Å². The summed E-state index contributed by atoms with van der Waals surface area (Å²) in [5.41, 5.74) is 5.92. The maximum Gasteiger partial charge on any atom is 0.0265 e. The molecule has 2 aromatic carbocycles. The van der Waals surface area contributed by atoms with Crippen LogP contribution in [-0.4, -0.2) is 0 Å². The lowest BCUT2D eigenvalue weighted by Crippen LogP contribution is -2.02. The molecule has 0 fully saturated rings. The van der Waals surface area contributed by atoms with Crippen LogP contribution in [0.15, 0.2) is 43.8 Å². The summed E-state index contributed by atoms with van der Waals surface area (Å²) in [6.07, 6.45) is 0. The molecule has 0 nitrogen and oxygen atoms in total. The Kier molecular flexibility index (Phi) is 7.33. The molecule has 3 rings (SSSR count). The van der Waals surface area contributed by atoms with E-state index in [1.165, 1.54) is 41.8 Å². The maximum atomic E-state index is 2.45. The second-order valence-electron chi connectivity index (χ2n) is 7.75.